The van der Waals surface area contributed by atoms with Crippen LogP contribution in [0.4, 0.5) is 4.39 Å². The Morgan fingerprint density at radius 3 is 2.72 bits per heavy atom. The van der Waals surface area contributed by atoms with E-state index in [0.29, 0.717) is 42.1 Å². The van der Waals surface area contributed by atoms with Crippen LogP contribution in [0.3, 0.4) is 0 Å². The maximum absolute atomic E-state index is 14.6. The fourth-order valence-corrected chi connectivity index (χ4v) is 6.34. The summed E-state index contributed by atoms with van der Waals surface area (Å²) in [5.41, 5.74) is 2.61. The largest absolute Gasteiger partial charge is 0.493 e. The van der Waals surface area contributed by atoms with Crippen molar-refractivity contribution in [2.45, 2.75) is 38.0 Å². The van der Waals surface area contributed by atoms with E-state index in [4.69, 9.17) is 14.2 Å². The molecule has 3 heterocycles. The number of methoxy groups -OCH3 is 1. The number of hydrogen-bond donors (Lipinski definition) is 2. The number of aryl methyl sites for hydroxylation is 1. The van der Waals surface area contributed by atoms with Crippen LogP contribution < -0.4 is 24.8 Å². The molecule has 2 aliphatic rings. The molecule has 2 aliphatic heterocycles. The third kappa shape index (κ3) is 7.45. The first-order valence-electron chi connectivity index (χ1n) is 15.0. The number of benzene rings is 3. The number of rotatable bonds is 3. The fourth-order valence-electron chi connectivity index (χ4n) is 5.54. The lowest BCUT2D eigenvalue weighted by Gasteiger charge is -2.38. The first kappa shape index (κ1) is 31.0. The van der Waals surface area contributed by atoms with E-state index in [1.165, 1.54) is 30.6 Å². The van der Waals surface area contributed by atoms with Crippen molar-refractivity contribution in [3.63, 3.8) is 0 Å². The number of amides is 3. The molecule has 4 aromatic rings. The van der Waals surface area contributed by atoms with Crippen LogP contribution in [0.5, 0.6) is 17.2 Å². The van der Waals surface area contributed by atoms with Crippen LogP contribution in [0.15, 0.2) is 72.1 Å². The Bertz CT molecular complexity index is 1730. The summed E-state index contributed by atoms with van der Waals surface area (Å²) in [4.78, 5) is 45.6. The Labute approximate surface area is 269 Å². The van der Waals surface area contributed by atoms with Gasteiger partial charge in [-0.25, -0.2) is 9.37 Å². The average Bonchev–Trinajstić information content (AvgIpc) is 3.56. The van der Waals surface area contributed by atoms with Crippen molar-refractivity contribution in [2.24, 2.45) is 0 Å². The number of nitrogens with one attached hydrogen (secondary N) is 2. The number of piperidine rings is 1. The summed E-state index contributed by atoms with van der Waals surface area (Å²) < 4.78 is 32.2. The second kappa shape index (κ2) is 14.0. The number of aromatic nitrogens is 1. The molecule has 3 aromatic carbocycles. The van der Waals surface area contributed by atoms with Gasteiger partial charge in [0.2, 0.25) is 5.91 Å². The number of carbonyl (C=O) groups excluding carboxylic acids is 3. The highest BCUT2D eigenvalue weighted by atomic mass is 32.1. The van der Waals surface area contributed by atoms with E-state index >= 15 is 0 Å². The van der Waals surface area contributed by atoms with Crippen molar-refractivity contribution in [3.05, 3.63) is 94.7 Å². The zero-order valence-electron chi connectivity index (χ0n) is 25.2. The molecule has 0 spiro atoms. The molecule has 46 heavy (non-hydrogen) atoms. The first-order valence-corrected chi connectivity index (χ1v) is 15.8. The normalized spacial score (nSPS) is 18.9. The van der Waals surface area contributed by atoms with Gasteiger partial charge in [0.05, 0.1) is 13.2 Å². The average molecular weight is 645 g/mol. The lowest BCUT2D eigenvalue weighted by atomic mass is 10.0. The van der Waals surface area contributed by atoms with E-state index in [1.807, 2.05) is 36.4 Å². The lowest BCUT2D eigenvalue weighted by Crippen LogP contribution is -2.58. The van der Waals surface area contributed by atoms with Gasteiger partial charge in [0.1, 0.15) is 28.4 Å². The van der Waals surface area contributed by atoms with Gasteiger partial charge in [0.15, 0.2) is 18.1 Å². The predicted molar refractivity (Wildman–Crippen MR) is 169 cm³/mol. The summed E-state index contributed by atoms with van der Waals surface area (Å²) in [6, 6.07) is 18.6. The molecule has 1 fully saturated rings. The molecule has 2 N–H and O–H groups in total. The van der Waals surface area contributed by atoms with E-state index < -0.39 is 23.9 Å². The third-order valence-electron chi connectivity index (χ3n) is 7.86. The zero-order chi connectivity index (χ0) is 32.0. The summed E-state index contributed by atoms with van der Waals surface area (Å²) in [7, 11) is 1.51. The van der Waals surface area contributed by atoms with Crippen LogP contribution >= 0.6 is 11.3 Å². The molecule has 0 aliphatic carbocycles. The Hall–Kier alpha value is -4.97. The van der Waals surface area contributed by atoms with Gasteiger partial charge in [-0.1, -0.05) is 36.4 Å². The summed E-state index contributed by atoms with van der Waals surface area (Å²) in [5, 5.41) is 8.28. The molecular formula is C34H33FN4O6S. The molecule has 3 amide bonds. The number of ether oxygens (including phenoxy) is 3. The van der Waals surface area contributed by atoms with Gasteiger partial charge in [-0.3, -0.25) is 14.4 Å². The van der Waals surface area contributed by atoms with E-state index in [9.17, 15) is 18.8 Å². The maximum Gasteiger partial charge on any atom is 0.273 e. The van der Waals surface area contributed by atoms with Gasteiger partial charge in [-0.05, 0) is 41.8 Å². The van der Waals surface area contributed by atoms with Gasteiger partial charge in [-0.15, -0.1) is 11.3 Å². The summed E-state index contributed by atoms with van der Waals surface area (Å²) in [5.74, 6) is -0.317. The van der Waals surface area contributed by atoms with E-state index in [0.717, 1.165) is 16.1 Å². The molecule has 238 valence electrons. The first-order chi connectivity index (χ1) is 22.3. The van der Waals surface area contributed by atoms with Gasteiger partial charge >= 0.3 is 0 Å². The van der Waals surface area contributed by atoms with Crippen molar-refractivity contribution in [2.75, 3.05) is 26.8 Å². The van der Waals surface area contributed by atoms with E-state index in [-0.39, 0.29) is 43.7 Å². The van der Waals surface area contributed by atoms with Crippen LogP contribution in [0.2, 0.25) is 0 Å². The molecule has 1 saturated heterocycles. The minimum atomic E-state index is -0.639. The molecule has 0 radical (unpaired) electrons. The number of carbonyl (C=O) groups is 3. The quantitative estimate of drug-likeness (QED) is 0.340. The second-order valence-corrected chi connectivity index (χ2v) is 12.0. The summed E-state index contributed by atoms with van der Waals surface area (Å²) in [6.45, 7) is 0.279. The fraction of sp³-hybridized carbons (Fsp3) is 0.294. The van der Waals surface area contributed by atoms with Gasteiger partial charge in [0, 0.05) is 49.5 Å². The number of likely N-dealkylation sites (tertiary alicyclic amines) is 1. The Balaban J connectivity index is 1.25. The Morgan fingerprint density at radius 1 is 1.04 bits per heavy atom. The van der Waals surface area contributed by atoms with Crippen molar-refractivity contribution in [1.82, 2.24) is 20.5 Å². The minimum absolute atomic E-state index is 0.121. The highest BCUT2D eigenvalue weighted by Gasteiger charge is 2.35. The van der Waals surface area contributed by atoms with Crippen molar-refractivity contribution < 1.29 is 33.0 Å². The molecule has 12 heteroatoms. The number of nitrogens with zero attached hydrogens (tertiary/aromatic N) is 2. The van der Waals surface area contributed by atoms with E-state index in [2.05, 4.69) is 15.6 Å². The van der Waals surface area contributed by atoms with Crippen LogP contribution in [-0.4, -0.2) is 66.6 Å². The van der Waals surface area contributed by atoms with Crippen molar-refractivity contribution in [1.29, 1.82) is 0 Å². The number of halogens is 1. The molecule has 0 unspecified atom stereocenters. The van der Waals surface area contributed by atoms with Crippen LogP contribution in [-0.2, 0) is 22.6 Å². The maximum atomic E-state index is 14.6. The molecule has 0 saturated carbocycles. The lowest BCUT2D eigenvalue weighted by molar-refractivity contribution is -0.125. The Kier molecular flexibility index (Phi) is 9.43. The van der Waals surface area contributed by atoms with Gasteiger partial charge in [-0.2, -0.15) is 0 Å². The second-order valence-electron chi connectivity index (χ2n) is 11.1. The zero-order valence-corrected chi connectivity index (χ0v) is 26.0. The van der Waals surface area contributed by atoms with Gasteiger partial charge in [0.25, 0.3) is 11.8 Å². The number of thiazole rings is 1. The monoisotopic (exact) mass is 644 g/mol. The van der Waals surface area contributed by atoms with Crippen LogP contribution in [0.25, 0.3) is 10.6 Å². The topological polar surface area (TPSA) is 119 Å². The number of hydrogen-bond acceptors (Lipinski definition) is 8. The standard InChI is InChI=1S/C34H33FN4O6S/c1-43-29-9-7-21-8-10-31(40)36-17-22-13-24(35)16-25(14-22)45-28-11-12-39(18-26(28)37-32(41)19-44-30(29)15-21)34(42)27-20-46-33(38-27)23-5-3-2-4-6-23/h2-7,9,13-16,20,26,28H,8,10-12,17-19H2,1H3,(H,36,40)(H,37,41)/t26-,28-/m1/s1. The van der Waals surface area contributed by atoms with Crippen molar-refractivity contribution in [3.8, 4) is 27.8 Å². The highest BCUT2D eigenvalue weighted by Crippen LogP contribution is 2.29. The SMILES string of the molecule is COc1ccc2cc1OCC(=O)N[C@@H]1CN(C(=O)c3csc(-c4ccccc4)n3)CC[C@H]1Oc1cc(F)cc(c1)CNC(=O)CC2. The van der Waals surface area contributed by atoms with E-state index in [1.54, 1.807) is 28.5 Å². The van der Waals surface area contributed by atoms with Crippen LogP contribution in [0, 0.1) is 5.82 Å². The van der Waals surface area contributed by atoms with Crippen molar-refractivity contribution >= 4 is 29.1 Å². The summed E-state index contributed by atoms with van der Waals surface area (Å²) >= 11 is 1.39. The molecule has 4 bridgehead atoms. The minimum Gasteiger partial charge on any atom is -0.493 e. The van der Waals surface area contributed by atoms with Gasteiger partial charge < -0.3 is 29.7 Å². The number of fused-ring (bicyclic) bond motifs is 5. The Morgan fingerprint density at radius 2 is 1.89 bits per heavy atom. The summed E-state index contributed by atoms with van der Waals surface area (Å²) in [6.07, 6.45) is 0.420. The molecular weight excluding hydrogens is 611 g/mol. The molecule has 2 atom stereocenters. The van der Waals surface area contributed by atoms with Crippen LogP contribution in [0.1, 0.15) is 34.5 Å². The highest BCUT2D eigenvalue weighted by molar-refractivity contribution is 7.13. The molecule has 6 rings (SSSR count). The third-order valence-corrected chi connectivity index (χ3v) is 8.75. The molecule has 1 aromatic heterocycles. The molecule has 10 nitrogen and oxygen atoms in total. The predicted octanol–water partition coefficient (Wildman–Crippen LogP) is 4.38. The smallest absolute Gasteiger partial charge is 0.273 e.